The number of hydrogen-bond donors (Lipinski definition) is 1. The van der Waals surface area contributed by atoms with Crippen LogP contribution < -0.4 is 15.0 Å². The zero-order valence-corrected chi connectivity index (χ0v) is 19.3. The number of rotatable bonds is 6. The molecule has 0 saturated heterocycles. The smallest absolute Gasteiger partial charge is 0.343 e. The van der Waals surface area contributed by atoms with E-state index in [0.29, 0.717) is 11.4 Å². The number of nitrogens with one attached hydrogen (secondary N) is 1. The number of carbonyl (C=O) groups excluding carboxylic acids is 3. The molecule has 3 aromatic carbocycles. The van der Waals surface area contributed by atoms with Crippen LogP contribution in [0.4, 0.5) is 17.1 Å². The van der Waals surface area contributed by atoms with Gasteiger partial charge in [-0.2, -0.15) is 0 Å². The number of amides is 2. The number of nitro groups is 1. The van der Waals surface area contributed by atoms with Crippen molar-refractivity contribution in [1.29, 1.82) is 0 Å². The monoisotopic (exact) mass is 491 g/mol. The molecular weight excluding hydrogens is 474 g/mol. The van der Waals surface area contributed by atoms with E-state index in [4.69, 9.17) is 16.3 Å². The molecule has 0 bridgehead atoms. The molecule has 35 heavy (non-hydrogen) atoms. The number of benzene rings is 3. The van der Waals surface area contributed by atoms with Gasteiger partial charge in [-0.3, -0.25) is 19.7 Å². The summed E-state index contributed by atoms with van der Waals surface area (Å²) in [7, 11) is 0. The van der Waals surface area contributed by atoms with Gasteiger partial charge in [0.1, 0.15) is 10.7 Å². The SMILES string of the molecule is Cc1cc(C)cc(N2C(=O)C(Cl)=C(Nc3ccc(C(=O)Oc4ccccc4[N+](=O)[O-])cc3)C2=O)c1. The Morgan fingerprint density at radius 3 is 2.23 bits per heavy atom. The number of ether oxygens (including phenoxy) is 1. The van der Waals surface area contributed by atoms with Gasteiger partial charge in [0, 0.05) is 11.8 Å². The Hall–Kier alpha value is -4.50. The molecule has 4 rings (SSSR count). The third-order valence-electron chi connectivity index (χ3n) is 5.15. The summed E-state index contributed by atoms with van der Waals surface area (Å²) in [6.07, 6.45) is 0. The van der Waals surface area contributed by atoms with Crippen molar-refractivity contribution in [1.82, 2.24) is 0 Å². The van der Waals surface area contributed by atoms with Crippen LogP contribution in [-0.2, 0) is 9.59 Å². The van der Waals surface area contributed by atoms with Gasteiger partial charge in [-0.25, -0.2) is 9.69 Å². The number of imide groups is 1. The van der Waals surface area contributed by atoms with Crippen LogP contribution in [0.2, 0.25) is 0 Å². The lowest BCUT2D eigenvalue weighted by Crippen LogP contribution is -2.32. The Bertz CT molecular complexity index is 1390. The highest BCUT2D eigenvalue weighted by molar-refractivity contribution is 6.53. The fraction of sp³-hybridized carbons (Fsp3) is 0.0800. The van der Waals surface area contributed by atoms with Crippen molar-refractivity contribution in [3.8, 4) is 5.75 Å². The van der Waals surface area contributed by atoms with Gasteiger partial charge in [-0.05, 0) is 67.4 Å². The lowest BCUT2D eigenvalue weighted by molar-refractivity contribution is -0.385. The average Bonchev–Trinajstić information content (AvgIpc) is 3.02. The molecule has 1 aliphatic rings. The van der Waals surface area contributed by atoms with Crippen molar-refractivity contribution in [2.45, 2.75) is 13.8 Å². The lowest BCUT2D eigenvalue weighted by atomic mass is 10.1. The molecular formula is C25H18ClN3O6. The minimum Gasteiger partial charge on any atom is -0.416 e. The first-order valence-corrected chi connectivity index (χ1v) is 10.7. The fourth-order valence-electron chi connectivity index (χ4n) is 3.61. The standard InChI is InChI=1S/C25H18ClN3O6/c1-14-11-15(2)13-18(12-14)28-23(30)21(26)22(24(28)31)27-17-9-7-16(8-10-17)25(32)35-20-6-4-3-5-19(20)29(33)34/h3-13,27H,1-2H3. The third-order valence-corrected chi connectivity index (χ3v) is 5.50. The van der Waals surface area contributed by atoms with Crippen LogP contribution in [0, 0.1) is 24.0 Å². The molecule has 2 amide bonds. The number of nitro benzene ring substituents is 1. The van der Waals surface area contributed by atoms with E-state index in [0.717, 1.165) is 16.0 Å². The number of anilines is 2. The number of carbonyl (C=O) groups is 3. The van der Waals surface area contributed by atoms with Crippen molar-refractivity contribution in [3.05, 3.63) is 104 Å². The molecule has 176 valence electrons. The van der Waals surface area contributed by atoms with E-state index in [2.05, 4.69) is 5.32 Å². The van der Waals surface area contributed by atoms with Crippen molar-refractivity contribution in [2.75, 3.05) is 10.2 Å². The number of hydrogen-bond acceptors (Lipinski definition) is 7. The van der Waals surface area contributed by atoms with Gasteiger partial charge in [0.05, 0.1) is 16.2 Å². The van der Waals surface area contributed by atoms with E-state index >= 15 is 0 Å². The number of halogens is 1. The van der Waals surface area contributed by atoms with Crippen molar-refractivity contribution >= 4 is 46.4 Å². The minimum atomic E-state index is -0.795. The van der Waals surface area contributed by atoms with Crippen LogP contribution in [0.25, 0.3) is 0 Å². The summed E-state index contributed by atoms with van der Waals surface area (Å²) in [4.78, 5) is 49.6. The minimum absolute atomic E-state index is 0.0916. The molecule has 0 aromatic heterocycles. The summed E-state index contributed by atoms with van der Waals surface area (Å²) in [5.74, 6) is -2.22. The first-order chi connectivity index (χ1) is 16.7. The first-order valence-electron chi connectivity index (χ1n) is 10.3. The van der Waals surface area contributed by atoms with Gasteiger partial charge in [-0.15, -0.1) is 0 Å². The molecule has 3 aromatic rings. The van der Waals surface area contributed by atoms with E-state index in [-0.39, 0.29) is 27.7 Å². The molecule has 0 aliphatic carbocycles. The topological polar surface area (TPSA) is 119 Å². The maximum absolute atomic E-state index is 13.0. The Balaban J connectivity index is 1.50. The molecule has 0 saturated carbocycles. The van der Waals surface area contributed by atoms with Crippen LogP contribution in [0.15, 0.2) is 77.5 Å². The molecule has 0 radical (unpaired) electrons. The van der Waals surface area contributed by atoms with Crippen LogP contribution in [0.5, 0.6) is 5.75 Å². The Morgan fingerprint density at radius 1 is 0.971 bits per heavy atom. The predicted molar refractivity (Wildman–Crippen MR) is 129 cm³/mol. The Kier molecular flexibility index (Phi) is 6.35. The summed E-state index contributed by atoms with van der Waals surface area (Å²) >= 11 is 6.19. The van der Waals surface area contributed by atoms with E-state index in [1.54, 1.807) is 12.1 Å². The molecule has 10 heteroatoms. The number of para-hydroxylation sites is 2. The summed E-state index contributed by atoms with van der Waals surface area (Å²) < 4.78 is 5.16. The molecule has 0 fully saturated rings. The maximum atomic E-state index is 13.0. The Labute approximate surface area is 204 Å². The van der Waals surface area contributed by atoms with E-state index < -0.39 is 22.7 Å². The van der Waals surface area contributed by atoms with E-state index in [1.807, 2.05) is 19.9 Å². The summed E-state index contributed by atoms with van der Waals surface area (Å²) in [5.41, 5.74) is 2.29. The van der Waals surface area contributed by atoms with E-state index in [1.165, 1.54) is 48.5 Å². The highest BCUT2D eigenvalue weighted by Crippen LogP contribution is 2.31. The zero-order valence-electron chi connectivity index (χ0n) is 18.6. The zero-order chi connectivity index (χ0) is 25.3. The lowest BCUT2D eigenvalue weighted by Gasteiger charge is -2.16. The molecule has 0 spiro atoms. The molecule has 1 N–H and O–H groups in total. The van der Waals surface area contributed by atoms with Gasteiger partial charge in [0.15, 0.2) is 0 Å². The predicted octanol–water partition coefficient (Wildman–Crippen LogP) is 4.87. The van der Waals surface area contributed by atoms with Crippen LogP contribution in [0.3, 0.4) is 0 Å². The van der Waals surface area contributed by atoms with Gasteiger partial charge in [0.25, 0.3) is 11.8 Å². The first kappa shape index (κ1) is 23.7. The normalized spacial score (nSPS) is 13.3. The average molecular weight is 492 g/mol. The number of esters is 1. The van der Waals surface area contributed by atoms with Gasteiger partial charge in [-0.1, -0.05) is 29.8 Å². The Morgan fingerprint density at radius 2 is 1.60 bits per heavy atom. The second-order valence-electron chi connectivity index (χ2n) is 7.80. The quantitative estimate of drug-likeness (QED) is 0.172. The van der Waals surface area contributed by atoms with Crippen molar-refractivity contribution < 1.29 is 24.0 Å². The maximum Gasteiger partial charge on any atom is 0.343 e. The number of aryl methyl sites for hydroxylation is 2. The van der Waals surface area contributed by atoms with Gasteiger partial charge in [0.2, 0.25) is 5.75 Å². The second kappa shape index (κ2) is 9.40. The summed E-state index contributed by atoms with van der Waals surface area (Å²) in [6, 6.07) is 16.7. The fourth-order valence-corrected chi connectivity index (χ4v) is 3.83. The summed E-state index contributed by atoms with van der Waals surface area (Å²) in [5, 5.41) is 13.7. The molecule has 1 heterocycles. The largest absolute Gasteiger partial charge is 0.416 e. The van der Waals surface area contributed by atoms with Crippen molar-refractivity contribution in [3.63, 3.8) is 0 Å². The molecule has 0 atom stereocenters. The van der Waals surface area contributed by atoms with Crippen LogP contribution in [0.1, 0.15) is 21.5 Å². The van der Waals surface area contributed by atoms with Gasteiger partial charge >= 0.3 is 11.7 Å². The molecule has 1 aliphatic heterocycles. The highest BCUT2D eigenvalue weighted by atomic mass is 35.5. The van der Waals surface area contributed by atoms with E-state index in [9.17, 15) is 24.5 Å². The van der Waals surface area contributed by atoms with Crippen LogP contribution >= 0.6 is 11.6 Å². The van der Waals surface area contributed by atoms with Gasteiger partial charge < -0.3 is 10.1 Å². The molecule has 9 nitrogen and oxygen atoms in total. The second-order valence-corrected chi connectivity index (χ2v) is 8.18. The molecule has 0 unspecified atom stereocenters. The van der Waals surface area contributed by atoms with Crippen molar-refractivity contribution in [2.24, 2.45) is 0 Å². The third kappa shape index (κ3) is 4.75. The highest BCUT2D eigenvalue weighted by Gasteiger charge is 2.39. The summed E-state index contributed by atoms with van der Waals surface area (Å²) in [6.45, 7) is 3.72. The number of nitrogens with zero attached hydrogens (tertiary/aromatic N) is 2. The van der Waals surface area contributed by atoms with Crippen LogP contribution in [-0.4, -0.2) is 22.7 Å².